The molecule has 22 heavy (non-hydrogen) atoms. The smallest absolute Gasteiger partial charge is 0.341 e. The number of benzene rings is 1. The van der Waals surface area contributed by atoms with Crippen molar-refractivity contribution in [3.05, 3.63) is 29.6 Å². The second-order valence-electron chi connectivity index (χ2n) is 5.32. The first-order chi connectivity index (χ1) is 10.6. The second-order valence-corrected chi connectivity index (χ2v) is 5.32. The van der Waals surface area contributed by atoms with Gasteiger partial charge in [-0.3, -0.25) is 4.79 Å². The SMILES string of the molecule is COc1ccc(C(=O)OCC(=O)NC2CCCCC2)c(F)c1. The van der Waals surface area contributed by atoms with Crippen molar-refractivity contribution in [1.29, 1.82) is 0 Å². The van der Waals surface area contributed by atoms with Gasteiger partial charge in [0.1, 0.15) is 11.6 Å². The summed E-state index contributed by atoms with van der Waals surface area (Å²) in [5.74, 6) is -1.64. The first-order valence-electron chi connectivity index (χ1n) is 7.40. The van der Waals surface area contributed by atoms with Crippen LogP contribution in [0.5, 0.6) is 5.75 Å². The van der Waals surface area contributed by atoms with Crippen LogP contribution in [0.15, 0.2) is 18.2 Å². The van der Waals surface area contributed by atoms with Crippen molar-refractivity contribution in [2.45, 2.75) is 38.1 Å². The van der Waals surface area contributed by atoms with E-state index in [1.165, 1.54) is 25.7 Å². The van der Waals surface area contributed by atoms with E-state index < -0.39 is 18.4 Å². The number of ether oxygens (including phenoxy) is 2. The molecule has 1 aliphatic rings. The van der Waals surface area contributed by atoms with Crippen molar-refractivity contribution >= 4 is 11.9 Å². The predicted molar refractivity (Wildman–Crippen MR) is 78.3 cm³/mol. The number of hydrogen-bond acceptors (Lipinski definition) is 4. The Hall–Kier alpha value is -2.11. The average Bonchev–Trinajstić information content (AvgIpc) is 2.53. The molecule has 1 amide bonds. The van der Waals surface area contributed by atoms with Crippen LogP contribution in [-0.2, 0) is 9.53 Å². The molecule has 0 aromatic heterocycles. The molecule has 2 rings (SSSR count). The fourth-order valence-corrected chi connectivity index (χ4v) is 2.51. The lowest BCUT2D eigenvalue weighted by Gasteiger charge is -2.22. The highest BCUT2D eigenvalue weighted by Crippen LogP contribution is 2.18. The fraction of sp³-hybridized carbons (Fsp3) is 0.500. The van der Waals surface area contributed by atoms with Crippen LogP contribution < -0.4 is 10.1 Å². The first kappa shape index (κ1) is 16.3. The van der Waals surface area contributed by atoms with E-state index >= 15 is 0 Å². The predicted octanol–water partition coefficient (Wildman–Crippen LogP) is 2.44. The fourth-order valence-electron chi connectivity index (χ4n) is 2.51. The Morgan fingerprint density at radius 2 is 2.00 bits per heavy atom. The van der Waals surface area contributed by atoms with E-state index in [0.717, 1.165) is 31.7 Å². The summed E-state index contributed by atoms with van der Waals surface area (Å²) in [5.41, 5.74) is -0.216. The van der Waals surface area contributed by atoms with Gasteiger partial charge in [0.05, 0.1) is 12.7 Å². The van der Waals surface area contributed by atoms with Crippen molar-refractivity contribution in [3.63, 3.8) is 0 Å². The Bertz CT molecular complexity index is 541. The molecule has 0 saturated heterocycles. The number of carbonyl (C=O) groups excluding carboxylic acids is 2. The highest BCUT2D eigenvalue weighted by atomic mass is 19.1. The van der Waals surface area contributed by atoms with E-state index in [1.54, 1.807) is 0 Å². The lowest BCUT2D eigenvalue weighted by molar-refractivity contribution is -0.125. The number of nitrogens with one attached hydrogen (secondary N) is 1. The molecule has 5 nitrogen and oxygen atoms in total. The quantitative estimate of drug-likeness (QED) is 0.849. The molecule has 120 valence electrons. The number of hydrogen-bond donors (Lipinski definition) is 1. The maximum atomic E-state index is 13.7. The lowest BCUT2D eigenvalue weighted by atomic mass is 9.95. The number of esters is 1. The van der Waals surface area contributed by atoms with Crippen molar-refractivity contribution in [1.82, 2.24) is 5.32 Å². The Balaban J connectivity index is 1.82. The third-order valence-electron chi connectivity index (χ3n) is 3.70. The van der Waals surface area contributed by atoms with E-state index in [-0.39, 0.29) is 17.5 Å². The summed E-state index contributed by atoms with van der Waals surface area (Å²) in [6.07, 6.45) is 5.29. The number of halogens is 1. The van der Waals surface area contributed by atoms with Gasteiger partial charge >= 0.3 is 5.97 Å². The molecule has 0 unspecified atom stereocenters. The van der Waals surface area contributed by atoms with Gasteiger partial charge in [0.2, 0.25) is 0 Å². The van der Waals surface area contributed by atoms with E-state index in [4.69, 9.17) is 9.47 Å². The highest BCUT2D eigenvalue weighted by molar-refractivity contribution is 5.91. The third kappa shape index (κ3) is 4.44. The van der Waals surface area contributed by atoms with Gasteiger partial charge in [0, 0.05) is 12.1 Å². The number of methoxy groups -OCH3 is 1. The molecule has 1 aromatic rings. The summed E-state index contributed by atoms with van der Waals surface area (Å²) >= 11 is 0. The Labute approximate surface area is 128 Å². The summed E-state index contributed by atoms with van der Waals surface area (Å²) in [6.45, 7) is -0.402. The van der Waals surface area contributed by atoms with Crippen LogP contribution in [0.25, 0.3) is 0 Å². The van der Waals surface area contributed by atoms with Crippen molar-refractivity contribution in [3.8, 4) is 5.75 Å². The topological polar surface area (TPSA) is 64.6 Å². The molecule has 0 heterocycles. The summed E-state index contributed by atoms with van der Waals surface area (Å²) in [4.78, 5) is 23.5. The van der Waals surface area contributed by atoms with Gasteiger partial charge in [-0.25, -0.2) is 9.18 Å². The molecule has 0 aliphatic heterocycles. The van der Waals surface area contributed by atoms with Crippen molar-refractivity contribution < 1.29 is 23.5 Å². The van der Waals surface area contributed by atoms with Gasteiger partial charge < -0.3 is 14.8 Å². The minimum Gasteiger partial charge on any atom is -0.497 e. The molecule has 0 bridgehead atoms. The first-order valence-corrected chi connectivity index (χ1v) is 7.40. The summed E-state index contributed by atoms with van der Waals surface area (Å²) in [6, 6.07) is 3.98. The summed E-state index contributed by atoms with van der Waals surface area (Å²) < 4.78 is 23.4. The van der Waals surface area contributed by atoms with Crippen LogP contribution >= 0.6 is 0 Å². The van der Waals surface area contributed by atoms with E-state index in [1.807, 2.05) is 0 Å². The van der Waals surface area contributed by atoms with Gasteiger partial charge in [-0.1, -0.05) is 19.3 Å². The number of rotatable bonds is 5. The van der Waals surface area contributed by atoms with Crippen LogP contribution in [-0.4, -0.2) is 31.6 Å². The Kier molecular flexibility index (Phi) is 5.75. The zero-order valence-electron chi connectivity index (χ0n) is 12.6. The van der Waals surface area contributed by atoms with Gasteiger partial charge in [-0.05, 0) is 25.0 Å². The second kappa shape index (κ2) is 7.77. The standard InChI is InChI=1S/C16H20FNO4/c1-21-12-7-8-13(14(17)9-12)16(20)22-10-15(19)18-11-5-3-2-4-6-11/h7-9,11H,2-6,10H2,1H3,(H,18,19). The van der Waals surface area contributed by atoms with Crippen LogP contribution in [0.2, 0.25) is 0 Å². The van der Waals surface area contributed by atoms with Crippen LogP contribution in [0.4, 0.5) is 4.39 Å². The molecule has 1 aromatic carbocycles. The lowest BCUT2D eigenvalue weighted by Crippen LogP contribution is -2.38. The monoisotopic (exact) mass is 309 g/mol. The Morgan fingerprint density at radius 1 is 1.27 bits per heavy atom. The molecular formula is C16H20FNO4. The highest BCUT2D eigenvalue weighted by Gasteiger charge is 2.18. The molecule has 0 radical (unpaired) electrons. The minimum absolute atomic E-state index is 0.151. The van der Waals surface area contributed by atoms with Crippen LogP contribution in [0.1, 0.15) is 42.5 Å². The largest absolute Gasteiger partial charge is 0.497 e. The van der Waals surface area contributed by atoms with Crippen LogP contribution in [0, 0.1) is 5.82 Å². The molecule has 6 heteroatoms. The van der Waals surface area contributed by atoms with Gasteiger partial charge in [-0.15, -0.1) is 0 Å². The molecule has 1 aliphatic carbocycles. The van der Waals surface area contributed by atoms with Gasteiger partial charge in [0.25, 0.3) is 5.91 Å². The molecular weight excluding hydrogens is 289 g/mol. The normalized spacial score (nSPS) is 15.2. The van der Waals surface area contributed by atoms with E-state index in [9.17, 15) is 14.0 Å². The average molecular weight is 309 g/mol. The maximum Gasteiger partial charge on any atom is 0.341 e. The van der Waals surface area contributed by atoms with Crippen molar-refractivity contribution in [2.24, 2.45) is 0 Å². The van der Waals surface area contributed by atoms with Gasteiger partial charge in [0.15, 0.2) is 6.61 Å². The third-order valence-corrected chi connectivity index (χ3v) is 3.70. The van der Waals surface area contributed by atoms with Gasteiger partial charge in [-0.2, -0.15) is 0 Å². The summed E-state index contributed by atoms with van der Waals surface area (Å²) in [7, 11) is 1.41. The molecule has 1 N–H and O–H groups in total. The number of amides is 1. The minimum atomic E-state index is -0.862. The zero-order valence-corrected chi connectivity index (χ0v) is 12.6. The Morgan fingerprint density at radius 3 is 2.64 bits per heavy atom. The van der Waals surface area contributed by atoms with Crippen molar-refractivity contribution in [2.75, 3.05) is 13.7 Å². The van der Waals surface area contributed by atoms with E-state index in [2.05, 4.69) is 5.32 Å². The summed E-state index contributed by atoms with van der Waals surface area (Å²) in [5, 5.41) is 2.83. The van der Waals surface area contributed by atoms with Crippen LogP contribution in [0.3, 0.4) is 0 Å². The molecule has 0 spiro atoms. The molecule has 0 atom stereocenters. The molecule has 1 fully saturated rings. The van der Waals surface area contributed by atoms with E-state index in [0.29, 0.717) is 5.75 Å². The number of carbonyl (C=O) groups is 2. The maximum absolute atomic E-state index is 13.7. The molecule has 1 saturated carbocycles. The zero-order chi connectivity index (χ0) is 15.9.